The quantitative estimate of drug-likeness (QED) is 0.622. The van der Waals surface area contributed by atoms with Crippen LogP contribution in [-0.4, -0.2) is 76.4 Å². The minimum Gasteiger partial charge on any atom is -0.317 e. The topological polar surface area (TPSA) is 82.9 Å². The molecule has 3 amide bonds. The first-order chi connectivity index (χ1) is 15.5. The molecular weight excluding hydrogens is 502 g/mol. The normalized spacial score (nSPS) is 20.5. The standard InChI is InChI=1S/C21H25BrF2N6O3/c1-11-5-17-13(10-29(11)21(32)25-18-6-14(22)15(23)7-16(18)24)19-20(31)28(4)33-12(8-27(2)3)9-30(19)26-17/h6-7,11-12H,5,8-10H2,1-4H3,(H,25,32)/t11-,12+/m1/s1. The average molecular weight is 527 g/mol. The number of hydrogen-bond donors (Lipinski definition) is 1. The van der Waals surface area contributed by atoms with Gasteiger partial charge in [0.1, 0.15) is 23.4 Å². The van der Waals surface area contributed by atoms with Gasteiger partial charge in [-0.25, -0.2) is 18.6 Å². The molecule has 2 aliphatic rings. The molecule has 0 saturated carbocycles. The molecule has 0 aliphatic carbocycles. The fraction of sp³-hybridized carbons (Fsp3) is 0.476. The summed E-state index contributed by atoms with van der Waals surface area (Å²) in [6.07, 6.45) is 0.169. The zero-order chi connectivity index (χ0) is 24.0. The largest absolute Gasteiger partial charge is 0.322 e. The molecule has 2 aromatic rings. The predicted molar refractivity (Wildman–Crippen MR) is 120 cm³/mol. The summed E-state index contributed by atoms with van der Waals surface area (Å²) in [4.78, 5) is 35.3. The summed E-state index contributed by atoms with van der Waals surface area (Å²) in [7, 11) is 5.41. The number of rotatable bonds is 3. The first kappa shape index (κ1) is 23.6. The number of carbonyl (C=O) groups excluding carboxylic acids is 2. The summed E-state index contributed by atoms with van der Waals surface area (Å²) < 4.78 is 29.4. The van der Waals surface area contributed by atoms with Crippen LogP contribution in [0.4, 0.5) is 19.3 Å². The van der Waals surface area contributed by atoms with E-state index in [2.05, 4.69) is 26.3 Å². The van der Waals surface area contributed by atoms with E-state index in [1.807, 2.05) is 25.9 Å². The molecular formula is C21H25BrF2N6O3. The van der Waals surface area contributed by atoms with E-state index in [0.29, 0.717) is 36.8 Å². The number of amides is 3. The van der Waals surface area contributed by atoms with E-state index in [-0.39, 0.29) is 34.8 Å². The lowest BCUT2D eigenvalue weighted by Crippen LogP contribution is -2.45. The molecule has 33 heavy (non-hydrogen) atoms. The van der Waals surface area contributed by atoms with Crippen molar-refractivity contribution in [2.24, 2.45) is 0 Å². The Morgan fingerprint density at radius 3 is 2.76 bits per heavy atom. The molecule has 3 heterocycles. The van der Waals surface area contributed by atoms with Gasteiger partial charge in [0.15, 0.2) is 0 Å². The minimum atomic E-state index is -0.880. The molecule has 1 N–H and O–H groups in total. The number of anilines is 1. The molecule has 4 rings (SSSR count). The minimum absolute atomic E-state index is 0.0380. The van der Waals surface area contributed by atoms with Crippen LogP contribution in [0.2, 0.25) is 0 Å². The first-order valence-corrected chi connectivity index (χ1v) is 11.2. The van der Waals surface area contributed by atoms with Crippen LogP contribution in [0.25, 0.3) is 0 Å². The number of hydrogen-bond acceptors (Lipinski definition) is 5. The third kappa shape index (κ3) is 4.59. The van der Waals surface area contributed by atoms with E-state index < -0.39 is 17.7 Å². The summed E-state index contributed by atoms with van der Waals surface area (Å²) in [6.45, 7) is 2.98. The number of urea groups is 1. The van der Waals surface area contributed by atoms with Gasteiger partial charge in [-0.1, -0.05) is 0 Å². The Morgan fingerprint density at radius 1 is 1.33 bits per heavy atom. The van der Waals surface area contributed by atoms with Crippen LogP contribution in [0.1, 0.15) is 28.7 Å². The van der Waals surface area contributed by atoms with E-state index in [4.69, 9.17) is 4.84 Å². The van der Waals surface area contributed by atoms with E-state index >= 15 is 0 Å². The third-order valence-corrected chi connectivity index (χ3v) is 6.34. The van der Waals surface area contributed by atoms with Crippen molar-refractivity contribution in [2.45, 2.75) is 38.6 Å². The Kier molecular flexibility index (Phi) is 6.43. The Hall–Kier alpha value is -2.57. The smallest absolute Gasteiger partial charge is 0.317 e. The Morgan fingerprint density at radius 2 is 2.06 bits per heavy atom. The van der Waals surface area contributed by atoms with E-state index in [0.717, 1.165) is 5.69 Å². The monoisotopic (exact) mass is 526 g/mol. The number of carbonyl (C=O) groups is 2. The number of halogens is 3. The van der Waals surface area contributed by atoms with Crippen molar-refractivity contribution in [1.29, 1.82) is 0 Å². The summed E-state index contributed by atoms with van der Waals surface area (Å²) in [5.74, 6) is -1.98. The second-order valence-corrected chi connectivity index (χ2v) is 9.46. The van der Waals surface area contributed by atoms with Gasteiger partial charge in [-0.15, -0.1) is 0 Å². The molecule has 0 radical (unpaired) electrons. The van der Waals surface area contributed by atoms with Gasteiger partial charge >= 0.3 is 6.03 Å². The van der Waals surface area contributed by atoms with Gasteiger partial charge in [0, 0.05) is 37.7 Å². The van der Waals surface area contributed by atoms with Crippen molar-refractivity contribution in [2.75, 3.05) is 33.0 Å². The molecule has 1 aromatic carbocycles. The third-order valence-electron chi connectivity index (χ3n) is 5.74. The summed E-state index contributed by atoms with van der Waals surface area (Å²) >= 11 is 3.00. The van der Waals surface area contributed by atoms with Gasteiger partial charge < -0.3 is 15.1 Å². The van der Waals surface area contributed by atoms with Crippen LogP contribution in [0, 0.1) is 11.6 Å². The molecule has 12 heteroatoms. The molecule has 178 valence electrons. The Bertz CT molecular complexity index is 1110. The highest BCUT2D eigenvalue weighted by atomic mass is 79.9. The number of nitrogens with one attached hydrogen (secondary N) is 1. The highest BCUT2D eigenvalue weighted by Crippen LogP contribution is 2.30. The number of benzene rings is 1. The number of hydroxylamine groups is 2. The highest BCUT2D eigenvalue weighted by Gasteiger charge is 2.37. The fourth-order valence-corrected chi connectivity index (χ4v) is 4.53. The van der Waals surface area contributed by atoms with Crippen molar-refractivity contribution in [3.8, 4) is 0 Å². The number of fused-ring (bicyclic) bond motifs is 3. The van der Waals surface area contributed by atoms with E-state index in [1.165, 1.54) is 16.0 Å². The summed E-state index contributed by atoms with van der Waals surface area (Å²) in [5, 5.41) is 8.38. The van der Waals surface area contributed by atoms with Gasteiger partial charge in [-0.3, -0.25) is 14.3 Å². The van der Waals surface area contributed by atoms with Crippen LogP contribution in [0.15, 0.2) is 16.6 Å². The molecule has 0 unspecified atom stereocenters. The van der Waals surface area contributed by atoms with Crippen molar-refractivity contribution in [1.82, 2.24) is 24.6 Å². The lowest BCUT2D eigenvalue weighted by atomic mass is 9.99. The SMILES string of the molecule is C[C@@H]1Cc2nn3c(c2CN1C(=O)Nc1cc(Br)c(F)cc1F)C(=O)N(C)O[C@@H](CN(C)C)C3. The fourth-order valence-electron chi connectivity index (χ4n) is 4.19. The average Bonchev–Trinajstić information content (AvgIpc) is 3.00. The highest BCUT2D eigenvalue weighted by molar-refractivity contribution is 9.10. The molecule has 2 aliphatic heterocycles. The lowest BCUT2D eigenvalue weighted by Gasteiger charge is -2.33. The van der Waals surface area contributed by atoms with Gasteiger partial charge in [0.2, 0.25) is 0 Å². The Balaban J connectivity index is 1.61. The Labute approximate surface area is 198 Å². The summed E-state index contributed by atoms with van der Waals surface area (Å²) in [5.41, 5.74) is 1.64. The molecule has 0 fully saturated rings. The van der Waals surface area contributed by atoms with Crippen LogP contribution in [0.5, 0.6) is 0 Å². The number of aromatic nitrogens is 2. The molecule has 1 aromatic heterocycles. The van der Waals surface area contributed by atoms with Crippen molar-refractivity contribution in [3.63, 3.8) is 0 Å². The van der Waals surface area contributed by atoms with Crippen molar-refractivity contribution >= 4 is 33.6 Å². The maximum Gasteiger partial charge on any atom is 0.322 e. The second kappa shape index (κ2) is 8.99. The first-order valence-electron chi connectivity index (χ1n) is 10.5. The predicted octanol–water partition coefficient (Wildman–Crippen LogP) is 2.85. The van der Waals surface area contributed by atoms with E-state index in [1.54, 1.807) is 11.7 Å². The maximum atomic E-state index is 14.2. The van der Waals surface area contributed by atoms with Crippen LogP contribution in [0.3, 0.4) is 0 Å². The summed E-state index contributed by atoms with van der Waals surface area (Å²) in [6, 6.07) is 1.08. The molecule has 9 nitrogen and oxygen atoms in total. The number of likely N-dealkylation sites (N-methyl/N-ethyl adjacent to an activating group) is 1. The number of nitrogens with zero attached hydrogens (tertiary/aromatic N) is 5. The zero-order valence-corrected chi connectivity index (χ0v) is 20.3. The maximum absolute atomic E-state index is 14.2. The molecule has 0 saturated heterocycles. The van der Waals surface area contributed by atoms with Gasteiger partial charge in [0.25, 0.3) is 5.91 Å². The van der Waals surface area contributed by atoms with Crippen LogP contribution >= 0.6 is 15.9 Å². The molecule has 0 bridgehead atoms. The zero-order valence-electron chi connectivity index (χ0n) is 18.7. The lowest BCUT2D eigenvalue weighted by molar-refractivity contribution is -0.152. The van der Waals surface area contributed by atoms with Gasteiger partial charge in [-0.2, -0.15) is 5.10 Å². The van der Waals surface area contributed by atoms with Crippen molar-refractivity contribution < 1.29 is 23.2 Å². The van der Waals surface area contributed by atoms with Crippen molar-refractivity contribution in [3.05, 3.63) is 45.2 Å². The van der Waals surface area contributed by atoms with E-state index in [9.17, 15) is 18.4 Å². The van der Waals surface area contributed by atoms with Crippen LogP contribution in [-0.2, 0) is 24.3 Å². The van der Waals surface area contributed by atoms with Gasteiger partial charge in [-0.05, 0) is 43.0 Å². The second-order valence-electron chi connectivity index (χ2n) is 8.61. The van der Waals surface area contributed by atoms with Crippen LogP contribution < -0.4 is 5.32 Å². The molecule has 0 spiro atoms. The van der Waals surface area contributed by atoms with Gasteiger partial charge in [0.05, 0.1) is 28.9 Å². The molecule has 2 atom stereocenters.